The minimum atomic E-state index is -3.93. The third-order valence-corrected chi connectivity index (χ3v) is 5.37. The summed E-state index contributed by atoms with van der Waals surface area (Å²) in [5.74, 6) is -0.835. The Labute approximate surface area is 125 Å². The molecule has 0 amide bonds. The van der Waals surface area contributed by atoms with Gasteiger partial charge in [0.2, 0.25) is 10.0 Å². The number of nitrogens with one attached hydrogen (secondary N) is 1. The lowest BCUT2D eigenvalue weighted by molar-refractivity contribution is 0.0173. The third-order valence-electron chi connectivity index (χ3n) is 3.15. The fourth-order valence-electron chi connectivity index (χ4n) is 2.14. The fraction of sp³-hybridized carbons (Fsp3) is 0.500. The topological polar surface area (TPSA) is 81.4 Å². The van der Waals surface area contributed by atoms with Crippen molar-refractivity contribution in [2.45, 2.75) is 36.8 Å². The van der Waals surface area contributed by atoms with Gasteiger partial charge in [0.15, 0.2) is 0 Å². The number of hydrogen-bond donors (Lipinski definition) is 2. The molecule has 0 spiro atoms. The molecule has 1 aliphatic heterocycles. The zero-order chi connectivity index (χ0) is 14.9. The number of ether oxygens (including phenoxy) is 1. The minimum Gasteiger partial charge on any atom is -0.398 e. The van der Waals surface area contributed by atoms with Gasteiger partial charge < -0.3 is 10.5 Å². The number of nitrogen functional groups attached to an aromatic ring is 1. The summed E-state index contributed by atoms with van der Waals surface area (Å²) in [4.78, 5) is -0.433. The van der Waals surface area contributed by atoms with E-state index in [0.29, 0.717) is 23.9 Å². The number of halogens is 2. The van der Waals surface area contributed by atoms with E-state index in [1.165, 1.54) is 0 Å². The van der Waals surface area contributed by atoms with Gasteiger partial charge in [-0.1, -0.05) is 0 Å². The van der Waals surface area contributed by atoms with Crippen LogP contribution in [0.5, 0.6) is 0 Å². The Hall–Kier alpha value is -0.700. The van der Waals surface area contributed by atoms with E-state index in [1.54, 1.807) is 0 Å². The molecule has 1 fully saturated rings. The lowest BCUT2D eigenvalue weighted by atomic mass is 10.1. The minimum absolute atomic E-state index is 0.0173. The molecule has 5 nitrogen and oxygen atoms in total. The number of benzene rings is 1. The average molecular weight is 367 g/mol. The molecule has 1 saturated heterocycles. The molecule has 1 aromatic rings. The maximum absolute atomic E-state index is 13.8. The molecule has 112 valence electrons. The van der Waals surface area contributed by atoms with Crippen LogP contribution in [0.4, 0.5) is 10.1 Å². The number of anilines is 1. The van der Waals surface area contributed by atoms with Crippen molar-refractivity contribution in [1.82, 2.24) is 4.72 Å². The molecule has 1 heterocycles. The Morgan fingerprint density at radius 2 is 2.20 bits per heavy atom. The molecule has 2 unspecified atom stereocenters. The normalized spacial score (nSPS) is 23.8. The number of sulfonamides is 1. The molecule has 0 saturated carbocycles. The lowest BCUT2D eigenvalue weighted by Crippen LogP contribution is -2.41. The highest BCUT2D eigenvalue weighted by molar-refractivity contribution is 9.10. The second-order valence-corrected chi connectivity index (χ2v) is 7.36. The van der Waals surface area contributed by atoms with Crippen LogP contribution >= 0.6 is 15.9 Å². The van der Waals surface area contributed by atoms with Gasteiger partial charge in [-0.2, -0.15) is 0 Å². The van der Waals surface area contributed by atoms with Crippen LogP contribution in [-0.4, -0.2) is 27.2 Å². The van der Waals surface area contributed by atoms with E-state index in [9.17, 15) is 12.8 Å². The Balaban J connectivity index is 2.24. The van der Waals surface area contributed by atoms with Crippen molar-refractivity contribution >= 4 is 31.6 Å². The van der Waals surface area contributed by atoms with E-state index in [1.807, 2.05) is 6.92 Å². The predicted octanol–water partition coefficient (Wildman–Crippen LogP) is 2.02. The van der Waals surface area contributed by atoms with Crippen molar-refractivity contribution in [3.8, 4) is 0 Å². The lowest BCUT2D eigenvalue weighted by Gasteiger charge is -2.27. The second-order valence-electron chi connectivity index (χ2n) is 4.83. The van der Waals surface area contributed by atoms with E-state index in [-0.39, 0.29) is 17.8 Å². The van der Waals surface area contributed by atoms with Gasteiger partial charge in [-0.15, -0.1) is 0 Å². The SMILES string of the molecule is CC1CC(NS(=O)(=O)c2cc(N)c(Br)cc2F)CCO1. The summed E-state index contributed by atoms with van der Waals surface area (Å²) in [5.41, 5.74) is 5.79. The van der Waals surface area contributed by atoms with E-state index in [2.05, 4.69) is 20.7 Å². The standard InChI is InChI=1S/C12H16BrFN2O3S/c1-7-4-8(2-3-19-7)16-20(17,18)12-6-11(15)9(13)5-10(12)14/h5-8,16H,2-4,15H2,1H3. The Bertz CT molecular complexity index is 609. The molecule has 1 aromatic carbocycles. The summed E-state index contributed by atoms with van der Waals surface area (Å²) >= 11 is 3.06. The summed E-state index contributed by atoms with van der Waals surface area (Å²) in [5, 5.41) is 0. The summed E-state index contributed by atoms with van der Waals surface area (Å²) in [7, 11) is -3.93. The highest BCUT2D eigenvalue weighted by atomic mass is 79.9. The highest BCUT2D eigenvalue weighted by Crippen LogP contribution is 2.26. The van der Waals surface area contributed by atoms with E-state index in [0.717, 1.165) is 12.1 Å². The van der Waals surface area contributed by atoms with Crippen molar-refractivity contribution in [2.24, 2.45) is 0 Å². The van der Waals surface area contributed by atoms with Crippen LogP contribution in [0.1, 0.15) is 19.8 Å². The summed E-state index contributed by atoms with van der Waals surface area (Å²) in [6, 6.07) is 1.91. The van der Waals surface area contributed by atoms with Crippen LogP contribution < -0.4 is 10.5 Å². The molecule has 20 heavy (non-hydrogen) atoms. The van der Waals surface area contributed by atoms with Crippen molar-refractivity contribution < 1.29 is 17.5 Å². The molecular weight excluding hydrogens is 351 g/mol. The van der Waals surface area contributed by atoms with Crippen molar-refractivity contribution in [1.29, 1.82) is 0 Å². The van der Waals surface area contributed by atoms with Gasteiger partial charge in [0, 0.05) is 22.8 Å². The monoisotopic (exact) mass is 366 g/mol. The van der Waals surface area contributed by atoms with Crippen LogP contribution in [0.15, 0.2) is 21.5 Å². The van der Waals surface area contributed by atoms with Gasteiger partial charge in [-0.05, 0) is 47.8 Å². The van der Waals surface area contributed by atoms with Gasteiger partial charge in [-0.25, -0.2) is 17.5 Å². The van der Waals surface area contributed by atoms with Crippen LogP contribution in [-0.2, 0) is 14.8 Å². The van der Waals surface area contributed by atoms with Crippen LogP contribution in [0.2, 0.25) is 0 Å². The predicted molar refractivity (Wildman–Crippen MR) is 77.3 cm³/mol. The van der Waals surface area contributed by atoms with Gasteiger partial charge in [-0.3, -0.25) is 0 Å². The maximum atomic E-state index is 13.8. The molecule has 2 rings (SSSR count). The largest absolute Gasteiger partial charge is 0.398 e. The highest BCUT2D eigenvalue weighted by Gasteiger charge is 2.27. The molecule has 0 aliphatic carbocycles. The molecule has 0 radical (unpaired) electrons. The molecule has 1 aliphatic rings. The van der Waals surface area contributed by atoms with Crippen LogP contribution in [0, 0.1) is 5.82 Å². The Morgan fingerprint density at radius 3 is 2.85 bits per heavy atom. The van der Waals surface area contributed by atoms with Crippen molar-refractivity contribution in [3.05, 3.63) is 22.4 Å². The molecule has 0 bridgehead atoms. The molecule has 0 aromatic heterocycles. The number of rotatable bonds is 3. The number of nitrogens with two attached hydrogens (primary N) is 1. The first kappa shape index (κ1) is 15.7. The summed E-state index contributed by atoms with van der Waals surface area (Å²) in [6.45, 7) is 2.36. The third kappa shape index (κ3) is 3.49. The first-order chi connectivity index (χ1) is 9.29. The van der Waals surface area contributed by atoms with Gasteiger partial charge in [0.05, 0.1) is 6.10 Å². The molecular formula is C12H16BrFN2O3S. The number of hydrogen-bond acceptors (Lipinski definition) is 4. The van der Waals surface area contributed by atoms with Crippen molar-refractivity contribution in [3.63, 3.8) is 0 Å². The first-order valence-electron chi connectivity index (χ1n) is 6.18. The average Bonchev–Trinajstić information content (AvgIpc) is 2.33. The van der Waals surface area contributed by atoms with Gasteiger partial charge >= 0.3 is 0 Å². The van der Waals surface area contributed by atoms with Crippen molar-refractivity contribution in [2.75, 3.05) is 12.3 Å². The van der Waals surface area contributed by atoms with E-state index < -0.39 is 20.7 Å². The molecule has 8 heteroatoms. The first-order valence-corrected chi connectivity index (χ1v) is 8.45. The van der Waals surface area contributed by atoms with Crippen LogP contribution in [0.3, 0.4) is 0 Å². The molecule has 2 atom stereocenters. The smallest absolute Gasteiger partial charge is 0.243 e. The molecule has 3 N–H and O–H groups in total. The second kappa shape index (κ2) is 5.97. The van der Waals surface area contributed by atoms with E-state index >= 15 is 0 Å². The maximum Gasteiger partial charge on any atom is 0.243 e. The summed E-state index contributed by atoms with van der Waals surface area (Å²) in [6.07, 6.45) is 1.11. The quantitative estimate of drug-likeness (QED) is 0.801. The van der Waals surface area contributed by atoms with E-state index in [4.69, 9.17) is 10.5 Å². The zero-order valence-corrected chi connectivity index (χ0v) is 13.3. The summed E-state index contributed by atoms with van der Waals surface area (Å²) < 4.78 is 46.5. The van der Waals surface area contributed by atoms with Gasteiger partial charge in [0.25, 0.3) is 0 Å². The van der Waals surface area contributed by atoms with Gasteiger partial charge in [0.1, 0.15) is 10.7 Å². The Morgan fingerprint density at radius 1 is 1.50 bits per heavy atom. The Kier molecular flexibility index (Phi) is 4.68. The zero-order valence-electron chi connectivity index (χ0n) is 10.9. The van der Waals surface area contributed by atoms with Crippen LogP contribution in [0.25, 0.3) is 0 Å². The fourth-order valence-corrected chi connectivity index (χ4v) is 3.83.